The van der Waals surface area contributed by atoms with Gasteiger partial charge in [-0.05, 0) is 20.3 Å². The molecular formula is C6H12N. The lowest BCUT2D eigenvalue weighted by Gasteiger charge is -1.84. The molecule has 1 N–H and O–H groups in total. The van der Waals surface area contributed by atoms with Crippen molar-refractivity contribution in [1.82, 2.24) is 5.73 Å². The van der Waals surface area contributed by atoms with E-state index in [4.69, 9.17) is 5.73 Å². The Kier molecular flexibility index (Phi) is 3.71. The average molecular weight is 98.2 g/mol. The van der Waals surface area contributed by atoms with Crippen LogP contribution in [0.3, 0.4) is 0 Å². The maximum Gasteiger partial charge on any atom is 0.0134 e. The van der Waals surface area contributed by atoms with E-state index in [0.717, 1.165) is 6.42 Å². The van der Waals surface area contributed by atoms with E-state index < -0.39 is 0 Å². The number of allylic oxidation sites excluding steroid dienone is 1. The Morgan fingerprint density at radius 2 is 2.14 bits per heavy atom. The van der Waals surface area contributed by atoms with Crippen LogP contribution in [-0.4, -0.2) is 6.54 Å². The molecule has 0 aliphatic rings. The first kappa shape index (κ1) is 6.70. The first-order chi connectivity index (χ1) is 3.27. The summed E-state index contributed by atoms with van der Waals surface area (Å²) in [6, 6.07) is 0. The van der Waals surface area contributed by atoms with Gasteiger partial charge in [0.25, 0.3) is 0 Å². The SMILES string of the molecule is CC(C)=CCC[NH]. The van der Waals surface area contributed by atoms with Gasteiger partial charge in [0, 0.05) is 6.54 Å². The Hall–Kier alpha value is -0.300. The van der Waals surface area contributed by atoms with Crippen molar-refractivity contribution in [2.75, 3.05) is 6.54 Å². The molecule has 0 aromatic rings. The molecule has 0 aromatic heterocycles. The summed E-state index contributed by atoms with van der Waals surface area (Å²) in [7, 11) is 0. The molecule has 0 bridgehead atoms. The molecule has 0 saturated carbocycles. The molecule has 1 radical (unpaired) electrons. The van der Waals surface area contributed by atoms with Crippen LogP contribution in [0.25, 0.3) is 0 Å². The van der Waals surface area contributed by atoms with Crippen molar-refractivity contribution >= 4 is 0 Å². The van der Waals surface area contributed by atoms with Crippen molar-refractivity contribution in [3.8, 4) is 0 Å². The summed E-state index contributed by atoms with van der Waals surface area (Å²) in [5, 5.41) is 0. The van der Waals surface area contributed by atoms with Gasteiger partial charge in [-0.25, -0.2) is 0 Å². The Balaban J connectivity index is 3.08. The summed E-state index contributed by atoms with van der Waals surface area (Å²) < 4.78 is 0. The molecule has 1 heteroatoms. The fourth-order valence-electron chi connectivity index (χ4n) is 0.361. The molecule has 0 spiro atoms. The average Bonchev–Trinajstić information content (AvgIpc) is 1.61. The van der Waals surface area contributed by atoms with Crippen molar-refractivity contribution < 1.29 is 0 Å². The zero-order valence-electron chi connectivity index (χ0n) is 4.99. The molecule has 41 valence electrons. The molecular weight excluding hydrogens is 86.1 g/mol. The highest BCUT2D eigenvalue weighted by molar-refractivity contribution is 4.92. The standard InChI is InChI=1S/C6H12N/c1-6(2)4-3-5-7/h4,7H,3,5H2,1-2H3. The Bertz CT molecular complexity index is 60.6. The minimum atomic E-state index is 0.519. The number of hydrogen-bond acceptors (Lipinski definition) is 0. The smallest absolute Gasteiger partial charge is 0.0134 e. The minimum Gasteiger partial charge on any atom is -0.258 e. The molecule has 0 aliphatic heterocycles. The number of hydrogen-bond donors (Lipinski definition) is 0. The molecule has 1 nitrogen and oxygen atoms in total. The second kappa shape index (κ2) is 3.88. The van der Waals surface area contributed by atoms with E-state index in [1.807, 2.05) is 0 Å². The van der Waals surface area contributed by atoms with E-state index in [1.165, 1.54) is 5.57 Å². The van der Waals surface area contributed by atoms with Gasteiger partial charge < -0.3 is 0 Å². The largest absolute Gasteiger partial charge is 0.258 e. The van der Waals surface area contributed by atoms with Crippen LogP contribution in [0.5, 0.6) is 0 Å². The van der Waals surface area contributed by atoms with Crippen LogP contribution in [0.4, 0.5) is 0 Å². The predicted molar refractivity (Wildman–Crippen MR) is 32.0 cm³/mol. The van der Waals surface area contributed by atoms with Gasteiger partial charge in [0.05, 0.1) is 0 Å². The third kappa shape index (κ3) is 5.70. The first-order valence-electron chi connectivity index (χ1n) is 2.55. The van der Waals surface area contributed by atoms with Gasteiger partial charge >= 0.3 is 0 Å². The molecule has 0 heterocycles. The maximum absolute atomic E-state index is 6.75. The summed E-state index contributed by atoms with van der Waals surface area (Å²) in [6.07, 6.45) is 2.98. The molecule has 0 saturated heterocycles. The molecule has 7 heavy (non-hydrogen) atoms. The van der Waals surface area contributed by atoms with E-state index in [-0.39, 0.29) is 0 Å². The van der Waals surface area contributed by atoms with Gasteiger partial charge in [-0.15, -0.1) is 0 Å². The lowest BCUT2D eigenvalue weighted by molar-refractivity contribution is 0.966. The van der Waals surface area contributed by atoms with Gasteiger partial charge in [0.2, 0.25) is 0 Å². The van der Waals surface area contributed by atoms with Crippen LogP contribution < -0.4 is 5.73 Å². The van der Waals surface area contributed by atoms with Crippen LogP contribution >= 0.6 is 0 Å². The third-order valence-electron chi connectivity index (χ3n) is 0.697. The summed E-state index contributed by atoms with van der Waals surface area (Å²) in [5.41, 5.74) is 8.06. The summed E-state index contributed by atoms with van der Waals surface area (Å²) in [6.45, 7) is 4.62. The van der Waals surface area contributed by atoms with Gasteiger partial charge in [0.1, 0.15) is 0 Å². The Morgan fingerprint density at radius 1 is 1.57 bits per heavy atom. The van der Waals surface area contributed by atoms with E-state index in [0.29, 0.717) is 6.54 Å². The lowest BCUT2D eigenvalue weighted by atomic mass is 10.3. The van der Waals surface area contributed by atoms with Crippen LogP contribution in [-0.2, 0) is 0 Å². The van der Waals surface area contributed by atoms with E-state index in [2.05, 4.69) is 19.9 Å². The quantitative estimate of drug-likeness (QED) is 0.469. The molecule has 0 fully saturated rings. The van der Waals surface area contributed by atoms with Crippen LogP contribution in [0.15, 0.2) is 11.6 Å². The molecule has 0 unspecified atom stereocenters. The first-order valence-corrected chi connectivity index (χ1v) is 2.55. The normalized spacial score (nSPS) is 8.43. The van der Waals surface area contributed by atoms with Gasteiger partial charge in [-0.1, -0.05) is 11.6 Å². The fourth-order valence-corrected chi connectivity index (χ4v) is 0.361. The van der Waals surface area contributed by atoms with Gasteiger partial charge in [-0.3, -0.25) is 5.73 Å². The highest BCUT2D eigenvalue weighted by Crippen LogP contribution is 1.89. The van der Waals surface area contributed by atoms with Crippen LogP contribution in [0.2, 0.25) is 0 Å². The topological polar surface area (TPSA) is 23.8 Å². The van der Waals surface area contributed by atoms with Crippen LogP contribution in [0, 0.1) is 0 Å². The molecule has 0 amide bonds. The van der Waals surface area contributed by atoms with Crippen molar-refractivity contribution in [3.63, 3.8) is 0 Å². The zero-order chi connectivity index (χ0) is 5.70. The summed E-state index contributed by atoms with van der Waals surface area (Å²) in [5.74, 6) is 0. The van der Waals surface area contributed by atoms with E-state index in [9.17, 15) is 0 Å². The highest BCUT2D eigenvalue weighted by Gasteiger charge is 1.73. The Morgan fingerprint density at radius 3 is 2.29 bits per heavy atom. The van der Waals surface area contributed by atoms with Crippen molar-refractivity contribution in [1.29, 1.82) is 0 Å². The molecule has 0 atom stereocenters. The maximum atomic E-state index is 6.75. The zero-order valence-corrected chi connectivity index (χ0v) is 4.99. The van der Waals surface area contributed by atoms with Crippen molar-refractivity contribution in [2.24, 2.45) is 0 Å². The summed E-state index contributed by atoms with van der Waals surface area (Å²) >= 11 is 0. The minimum absolute atomic E-state index is 0.519. The lowest BCUT2D eigenvalue weighted by Crippen LogP contribution is -1.79. The number of rotatable bonds is 2. The monoisotopic (exact) mass is 98.1 g/mol. The Labute approximate surface area is 45.2 Å². The van der Waals surface area contributed by atoms with Crippen molar-refractivity contribution in [2.45, 2.75) is 20.3 Å². The van der Waals surface area contributed by atoms with Crippen molar-refractivity contribution in [3.05, 3.63) is 11.6 Å². The van der Waals surface area contributed by atoms with Gasteiger partial charge in [-0.2, -0.15) is 0 Å². The molecule has 0 aliphatic carbocycles. The number of nitrogens with one attached hydrogen (secondary N) is 1. The second-order valence-electron chi connectivity index (χ2n) is 1.82. The highest BCUT2D eigenvalue weighted by atomic mass is 14.5. The van der Waals surface area contributed by atoms with E-state index >= 15 is 0 Å². The molecule has 0 aromatic carbocycles. The molecule has 0 rings (SSSR count). The van der Waals surface area contributed by atoms with Gasteiger partial charge in [0.15, 0.2) is 0 Å². The van der Waals surface area contributed by atoms with Crippen LogP contribution in [0.1, 0.15) is 20.3 Å². The predicted octanol–water partition coefficient (Wildman–Crippen LogP) is 1.63. The second-order valence-corrected chi connectivity index (χ2v) is 1.82. The fraction of sp³-hybridized carbons (Fsp3) is 0.667. The van der Waals surface area contributed by atoms with E-state index in [1.54, 1.807) is 0 Å². The summed E-state index contributed by atoms with van der Waals surface area (Å²) in [4.78, 5) is 0. The third-order valence-corrected chi connectivity index (χ3v) is 0.697.